The average Bonchev–Trinajstić information content (AvgIpc) is 2.78. The Morgan fingerprint density at radius 1 is 1.25 bits per heavy atom. The van der Waals surface area contributed by atoms with E-state index in [-0.39, 0.29) is 11.9 Å². The van der Waals surface area contributed by atoms with E-state index in [9.17, 15) is 4.79 Å². The molecule has 2 N–H and O–H groups in total. The summed E-state index contributed by atoms with van der Waals surface area (Å²) in [4.78, 5) is 12.1. The highest BCUT2D eigenvalue weighted by Crippen LogP contribution is 2.18. The third-order valence-corrected chi connectivity index (χ3v) is 3.66. The summed E-state index contributed by atoms with van der Waals surface area (Å²) in [5.74, 6) is -0.124. The number of nitrogens with zero attached hydrogens (tertiary/aromatic N) is 2. The third kappa shape index (κ3) is 3.54. The molecule has 20 heavy (non-hydrogen) atoms. The first kappa shape index (κ1) is 14.5. The van der Waals surface area contributed by atoms with Crippen LogP contribution >= 0.6 is 11.3 Å². The number of carbonyl (C=O) groups excluding carboxylic acids is 1. The van der Waals surface area contributed by atoms with Crippen molar-refractivity contribution in [1.82, 2.24) is 10.2 Å². The van der Waals surface area contributed by atoms with Gasteiger partial charge in [-0.15, -0.1) is 10.2 Å². The minimum Gasteiger partial charge on any atom is -0.374 e. The van der Waals surface area contributed by atoms with Crippen molar-refractivity contribution in [1.29, 1.82) is 0 Å². The smallest absolute Gasteiger partial charge is 0.248 e. The van der Waals surface area contributed by atoms with Crippen molar-refractivity contribution >= 4 is 28.1 Å². The SMILES string of the molecule is Cc1ccc(N[C@@H](C)C(=O)Nc2nnc(C)s2)c(C)c1. The van der Waals surface area contributed by atoms with Crippen LogP contribution in [0.4, 0.5) is 10.8 Å². The Labute approximate surface area is 122 Å². The normalized spacial score (nSPS) is 12.0. The first-order valence-electron chi connectivity index (χ1n) is 6.40. The van der Waals surface area contributed by atoms with Crippen LogP contribution in [-0.2, 0) is 4.79 Å². The Kier molecular flexibility index (Phi) is 4.34. The molecule has 2 rings (SSSR count). The number of benzene rings is 1. The van der Waals surface area contributed by atoms with Gasteiger partial charge < -0.3 is 5.32 Å². The fraction of sp³-hybridized carbons (Fsp3) is 0.357. The molecule has 5 nitrogen and oxygen atoms in total. The lowest BCUT2D eigenvalue weighted by Crippen LogP contribution is -2.32. The maximum atomic E-state index is 12.1. The topological polar surface area (TPSA) is 66.9 Å². The van der Waals surface area contributed by atoms with E-state index in [1.807, 2.05) is 39.8 Å². The largest absolute Gasteiger partial charge is 0.374 e. The van der Waals surface area contributed by atoms with Gasteiger partial charge in [0.15, 0.2) is 0 Å². The number of aryl methyl sites for hydroxylation is 3. The fourth-order valence-electron chi connectivity index (χ4n) is 1.84. The summed E-state index contributed by atoms with van der Waals surface area (Å²) in [6.07, 6.45) is 0. The van der Waals surface area contributed by atoms with Crippen molar-refractivity contribution in [2.75, 3.05) is 10.6 Å². The summed E-state index contributed by atoms with van der Waals surface area (Å²) >= 11 is 1.36. The molecular formula is C14H18N4OS. The van der Waals surface area contributed by atoms with Crippen LogP contribution in [0.15, 0.2) is 18.2 Å². The van der Waals surface area contributed by atoms with Gasteiger partial charge in [0.05, 0.1) is 0 Å². The number of anilines is 2. The van der Waals surface area contributed by atoms with Gasteiger partial charge in [0.2, 0.25) is 11.0 Å². The monoisotopic (exact) mass is 290 g/mol. The van der Waals surface area contributed by atoms with Gasteiger partial charge in [0, 0.05) is 5.69 Å². The number of hydrogen-bond acceptors (Lipinski definition) is 5. The Morgan fingerprint density at radius 3 is 2.60 bits per heavy atom. The van der Waals surface area contributed by atoms with Crippen molar-refractivity contribution in [3.05, 3.63) is 34.3 Å². The molecule has 0 unspecified atom stereocenters. The van der Waals surface area contributed by atoms with Crippen molar-refractivity contribution < 1.29 is 4.79 Å². The van der Waals surface area contributed by atoms with Gasteiger partial charge in [-0.25, -0.2) is 0 Å². The summed E-state index contributed by atoms with van der Waals surface area (Å²) in [5, 5.41) is 15.1. The molecule has 0 spiro atoms. The van der Waals surface area contributed by atoms with Crippen LogP contribution in [0.5, 0.6) is 0 Å². The number of carbonyl (C=O) groups is 1. The zero-order chi connectivity index (χ0) is 14.7. The molecule has 0 aliphatic carbocycles. The van der Waals surface area contributed by atoms with Crippen LogP contribution < -0.4 is 10.6 Å². The molecule has 1 heterocycles. The molecule has 1 aromatic carbocycles. The van der Waals surface area contributed by atoms with Crippen molar-refractivity contribution in [2.24, 2.45) is 0 Å². The van der Waals surface area contributed by atoms with Gasteiger partial charge in [-0.1, -0.05) is 29.0 Å². The molecule has 0 fully saturated rings. The molecule has 0 aliphatic heterocycles. The van der Waals surface area contributed by atoms with E-state index >= 15 is 0 Å². The first-order valence-corrected chi connectivity index (χ1v) is 7.22. The van der Waals surface area contributed by atoms with E-state index < -0.39 is 0 Å². The molecule has 1 amide bonds. The lowest BCUT2D eigenvalue weighted by Gasteiger charge is -2.16. The third-order valence-electron chi connectivity index (χ3n) is 2.90. The van der Waals surface area contributed by atoms with E-state index in [0.717, 1.165) is 16.3 Å². The van der Waals surface area contributed by atoms with Gasteiger partial charge in [-0.3, -0.25) is 10.1 Å². The van der Waals surface area contributed by atoms with E-state index in [1.54, 1.807) is 0 Å². The Morgan fingerprint density at radius 2 is 2.00 bits per heavy atom. The molecule has 1 atom stereocenters. The molecule has 6 heteroatoms. The Hall–Kier alpha value is -1.95. The summed E-state index contributed by atoms with van der Waals surface area (Å²) in [7, 11) is 0. The van der Waals surface area contributed by atoms with E-state index in [1.165, 1.54) is 16.9 Å². The Bertz CT molecular complexity index is 623. The number of aromatic nitrogens is 2. The summed E-state index contributed by atoms with van der Waals surface area (Å²) < 4.78 is 0. The molecule has 0 saturated heterocycles. The number of rotatable bonds is 4. The van der Waals surface area contributed by atoms with Gasteiger partial charge in [-0.05, 0) is 39.3 Å². The molecule has 0 radical (unpaired) electrons. The molecule has 2 aromatic rings. The lowest BCUT2D eigenvalue weighted by molar-refractivity contribution is -0.116. The molecular weight excluding hydrogens is 272 g/mol. The highest BCUT2D eigenvalue weighted by atomic mass is 32.1. The number of hydrogen-bond donors (Lipinski definition) is 2. The van der Waals surface area contributed by atoms with E-state index in [0.29, 0.717) is 5.13 Å². The summed E-state index contributed by atoms with van der Waals surface area (Å²) in [6.45, 7) is 7.74. The molecule has 0 saturated carbocycles. The second-order valence-corrected chi connectivity index (χ2v) is 5.98. The van der Waals surface area contributed by atoms with Crippen LogP contribution in [0.1, 0.15) is 23.1 Å². The standard InChI is InChI=1S/C14H18N4OS/c1-8-5-6-12(9(2)7-8)15-10(3)13(19)16-14-18-17-11(4)20-14/h5-7,10,15H,1-4H3,(H,16,18,19)/t10-/m0/s1. The van der Waals surface area contributed by atoms with Crippen LogP contribution in [0.25, 0.3) is 0 Å². The molecule has 1 aromatic heterocycles. The molecule has 0 bridgehead atoms. The van der Waals surface area contributed by atoms with Crippen molar-refractivity contribution in [3.8, 4) is 0 Å². The zero-order valence-electron chi connectivity index (χ0n) is 12.0. The van der Waals surface area contributed by atoms with Gasteiger partial charge in [-0.2, -0.15) is 0 Å². The van der Waals surface area contributed by atoms with Gasteiger partial charge in [0.1, 0.15) is 11.0 Å². The predicted octanol–water partition coefficient (Wildman–Crippen LogP) is 2.90. The molecule has 0 aliphatic rings. The van der Waals surface area contributed by atoms with Crippen LogP contribution in [0.2, 0.25) is 0 Å². The minimum absolute atomic E-state index is 0.124. The highest BCUT2D eigenvalue weighted by molar-refractivity contribution is 7.15. The van der Waals surface area contributed by atoms with Crippen LogP contribution in [0, 0.1) is 20.8 Å². The predicted molar refractivity (Wildman–Crippen MR) is 82.3 cm³/mol. The van der Waals surface area contributed by atoms with Crippen molar-refractivity contribution in [3.63, 3.8) is 0 Å². The zero-order valence-corrected chi connectivity index (χ0v) is 12.8. The Balaban J connectivity index is 2.00. The maximum Gasteiger partial charge on any atom is 0.248 e. The second kappa shape index (κ2) is 6.00. The van der Waals surface area contributed by atoms with Gasteiger partial charge >= 0.3 is 0 Å². The summed E-state index contributed by atoms with van der Waals surface area (Å²) in [6, 6.07) is 5.75. The van der Waals surface area contributed by atoms with E-state index in [2.05, 4.69) is 26.9 Å². The lowest BCUT2D eigenvalue weighted by atomic mass is 10.1. The quantitative estimate of drug-likeness (QED) is 0.908. The maximum absolute atomic E-state index is 12.1. The highest BCUT2D eigenvalue weighted by Gasteiger charge is 2.15. The second-order valence-electron chi connectivity index (χ2n) is 4.80. The number of amides is 1. The number of nitrogens with one attached hydrogen (secondary N) is 2. The van der Waals surface area contributed by atoms with E-state index in [4.69, 9.17) is 0 Å². The molecule has 106 valence electrons. The minimum atomic E-state index is -0.347. The van der Waals surface area contributed by atoms with Crippen LogP contribution in [-0.4, -0.2) is 22.1 Å². The van der Waals surface area contributed by atoms with Crippen molar-refractivity contribution in [2.45, 2.75) is 33.7 Å². The first-order chi connectivity index (χ1) is 9.45. The van der Waals surface area contributed by atoms with Crippen LogP contribution in [0.3, 0.4) is 0 Å². The fourth-order valence-corrected chi connectivity index (χ4v) is 2.43. The van der Waals surface area contributed by atoms with Gasteiger partial charge in [0.25, 0.3) is 0 Å². The summed E-state index contributed by atoms with van der Waals surface area (Å²) in [5.41, 5.74) is 3.29. The average molecular weight is 290 g/mol.